The number of nitrogens with zero attached hydrogens (tertiary/aromatic N) is 1. The molecule has 2 aliphatic rings. The summed E-state index contributed by atoms with van der Waals surface area (Å²) in [5.41, 5.74) is 0. The molecule has 2 rings (SSSR count). The third-order valence-corrected chi connectivity index (χ3v) is 5.11. The van der Waals surface area contributed by atoms with Gasteiger partial charge in [-0.1, -0.05) is 19.8 Å². The minimum Gasteiger partial charge on any atom is -0.358 e. The molecule has 1 aliphatic heterocycles. The molecule has 1 saturated heterocycles. The van der Waals surface area contributed by atoms with Crippen LogP contribution in [-0.4, -0.2) is 49.9 Å². The molecular weight excluding hydrogens is 278 g/mol. The van der Waals surface area contributed by atoms with Crippen molar-refractivity contribution in [3.05, 3.63) is 0 Å². The van der Waals surface area contributed by atoms with Gasteiger partial charge in [0, 0.05) is 19.5 Å². The number of carbonyl (C=O) groups is 2. The van der Waals surface area contributed by atoms with Gasteiger partial charge in [-0.05, 0) is 50.6 Å². The number of carbonyl (C=O) groups excluding carboxylic acids is 2. The number of hydrogen-bond donors (Lipinski definition) is 2. The number of amides is 2. The number of nitrogens with one attached hydrogen (secondary N) is 2. The molecule has 126 valence electrons. The van der Waals surface area contributed by atoms with E-state index in [4.69, 9.17) is 0 Å². The molecule has 5 nitrogen and oxygen atoms in total. The Kier molecular flexibility index (Phi) is 6.68. The van der Waals surface area contributed by atoms with Gasteiger partial charge >= 0.3 is 0 Å². The fourth-order valence-electron chi connectivity index (χ4n) is 3.36. The van der Waals surface area contributed by atoms with Gasteiger partial charge in [0.2, 0.25) is 11.8 Å². The summed E-state index contributed by atoms with van der Waals surface area (Å²) in [6.07, 6.45) is 6.92. The van der Waals surface area contributed by atoms with Crippen LogP contribution in [0.25, 0.3) is 0 Å². The molecule has 1 saturated carbocycles. The number of piperidine rings is 1. The van der Waals surface area contributed by atoms with E-state index < -0.39 is 0 Å². The fraction of sp³-hybridized carbons (Fsp3) is 0.882. The second-order valence-corrected chi connectivity index (χ2v) is 6.88. The third kappa shape index (κ3) is 5.27. The second kappa shape index (κ2) is 8.51. The molecule has 0 unspecified atom stereocenters. The van der Waals surface area contributed by atoms with E-state index in [0.717, 1.165) is 38.9 Å². The van der Waals surface area contributed by atoms with Crippen LogP contribution in [0.2, 0.25) is 0 Å². The first-order valence-electron chi connectivity index (χ1n) is 8.84. The Labute approximate surface area is 134 Å². The molecule has 0 aromatic carbocycles. The Morgan fingerprint density at radius 2 is 1.95 bits per heavy atom. The van der Waals surface area contributed by atoms with E-state index in [2.05, 4.69) is 22.5 Å². The highest BCUT2D eigenvalue weighted by molar-refractivity contribution is 5.81. The summed E-state index contributed by atoms with van der Waals surface area (Å²) in [5.74, 6) is 1.86. The quantitative estimate of drug-likeness (QED) is 0.712. The molecule has 2 amide bonds. The maximum Gasteiger partial charge on any atom is 0.233 e. The summed E-state index contributed by atoms with van der Waals surface area (Å²) in [4.78, 5) is 25.6. The van der Waals surface area contributed by atoms with Crippen LogP contribution in [0.5, 0.6) is 0 Å². The summed E-state index contributed by atoms with van der Waals surface area (Å²) >= 11 is 0. The van der Waals surface area contributed by atoms with Crippen molar-refractivity contribution in [3.8, 4) is 0 Å². The van der Waals surface area contributed by atoms with Gasteiger partial charge in [-0.2, -0.15) is 0 Å². The Bertz CT molecular complexity index is 378. The number of likely N-dealkylation sites (tertiary alicyclic amines) is 1. The summed E-state index contributed by atoms with van der Waals surface area (Å²) in [5, 5.41) is 5.81. The third-order valence-electron chi connectivity index (χ3n) is 5.11. The molecule has 0 bridgehead atoms. The molecule has 0 spiro atoms. The second-order valence-electron chi connectivity index (χ2n) is 6.88. The van der Waals surface area contributed by atoms with Gasteiger partial charge in [0.15, 0.2) is 0 Å². The van der Waals surface area contributed by atoms with Crippen LogP contribution in [0.1, 0.15) is 45.4 Å². The number of likely N-dealkylation sites (N-methyl/N-ethyl adjacent to an activating group) is 1. The SMILES string of the molecule is CCCC[C@@H]1C[C@@H]1C(=O)NCC1CCN(CC(=O)NC)CC1. The zero-order valence-corrected chi connectivity index (χ0v) is 14.1. The van der Waals surface area contributed by atoms with Crippen molar-refractivity contribution in [2.75, 3.05) is 33.2 Å². The number of hydrogen-bond acceptors (Lipinski definition) is 3. The molecule has 2 fully saturated rings. The van der Waals surface area contributed by atoms with Gasteiger partial charge in [0.1, 0.15) is 0 Å². The minimum absolute atomic E-state index is 0.0820. The first-order valence-corrected chi connectivity index (χ1v) is 8.84. The summed E-state index contributed by atoms with van der Waals surface area (Å²) in [7, 11) is 1.68. The fourth-order valence-corrected chi connectivity index (χ4v) is 3.36. The van der Waals surface area contributed by atoms with Crippen molar-refractivity contribution >= 4 is 11.8 Å². The predicted octanol–water partition coefficient (Wildman–Crippen LogP) is 1.39. The van der Waals surface area contributed by atoms with Crippen molar-refractivity contribution in [2.45, 2.75) is 45.4 Å². The van der Waals surface area contributed by atoms with Gasteiger partial charge in [0.05, 0.1) is 6.54 Å². The highest BCUT2D eigenvalue weighted by Crippen LogP contribution is 2.42. The normalized spacial score (nSPS) is 25.7. The average Bonchev–Trinajstić information content (AvgIpc) is 3.31. The lowest BCUT2D eigenvalue weighted by Crippen LogP contribution is -2.43. The average molecular weight is 309 g/mol. The molecule has 5 heteroatoms. The van der Waals surface area contributed by atoms with Gasteiger partial charge in [-0.25, -0.2) is 0 Å². The van der Waals surface area contributed by atoms with Gasteiger partial charge in [-0.15, -0.1) is 0 Å². The monoisotopic (exact) mass is 309 g/mol. The lowest BCUT2D eigenvalue weighted by atomic mass is 9.96. The Balaban J connectivity index is 1.57. The van der Waals surface area contributed by atoms with Crippen molar-refractivity contribution in [3.63, 3.8) is 0 Å². The van der Waals surface area contributed by atoms with Gasteiger partial charge in [0.25, 0.3) is 0 Å². The minimum atomic E-state index is 0.0820. The molecule has 22 heavy (non-hydrogen) atoms. The van der Waals surface area contributed by atoms with Crippen molar-refractivity contribution < 1.29 is 9.59 Å². The van der Waals surface area contributed by atoms with E-state index in [0.29, 0.717) is 24.3 Å². The molecule has 2 atom stereocenters. The van der Waals surface area contributed by atoms with Crippen LogP contribution >= 0.6 is 0 Å². The lowest BCUT2D eigenvalue weighted by Gasteiger charge is -2.31. The van der Waals surface area contributed by atoms with E-state index in [1.54, 1.807) is 7.05 Å². The topological polar surface area (TPSA) is 61.4 Å². The molecule has 1 heterocycles. The first kappa shape index (κ1) is 17.3. The lowest BCUT2D eigenvalue weighted by molar-refractivity contribution is -0.123. The standard InChI is InChI=1S/C17H31N3O2/c1-3-4-5-14-10-15(14)17(22)19-11-13-6-8-20(9-7-13)12-16(21)18-2/h13-15H,3-12H2,1-2H3,(H,18,21)(H,19,22)/t14-,15+/m1/s1. The van der Waals surface area contributed by atoms with E-state index >= 15 is 0 Å². The Hall–Kier alpha value is -1.10. The zero-order chi connectivity index (χ0) is 15.9. The highest BCUT2D eigenvalue weighted by Gasteiger charge is 2.41. The van der Waals surface area contributed by atoms with Crippen LogP contribution in [0.4, 0.5) is 0 Å². The molecule has 0 aromatic rings. The predicted molar refractivity (Wildman–Crippen MR) is 87.4 cm³/mol. The molecule has 0 aromatic heterocycles. The maximum atomic E-state index is 12.1. The summed E-state index contributed by atoms with van der Waals surface area (Å²) < 4.78 is 0. The molecular formula is C17H31N3O2. The van der Waals surface area contributed by atoms with Crippen LogP contribution in [0.3, 0.4) is 0 Å². The van der Waals surface area contributed by atoms with E-state index in [1.807, 2.05) is 0 Å². The van der Waals surface area contributed by atoms with E-state index in [9.17, 15) is 9.59 Å². The Morgan fingerprint density at radius 3 is 2.59 bits per heavy atom. The van der Waals surface area contributed by atoms with Crippen LogP contribution in [0, 0.1) is 17.8 Å². The highest BCUT2D eigenvalue weighted by atomic mass is 16.2. The van der Waals surface area contributed by atoms with Crippen molar-refractivity contribution in [2.24, 2.45) is 17.8 Å². The van der Waals surface area contributed by atoms with Crippen molar-refractivity contribution in [1.29, 1.82) is 0 Å². The van der Waals surface area contributed by atoms with Gasteiger partial charge < -0.3 is 10.6 Å². The van der Waals surface area contributed by atoms with E-state index in [1.165, 1.54) is 19.3 Å². The summed E-state index contributed by atoms with van der Waals surface area (Å²) in [6, 6.07) is 0. The van der Waals surface area contributed by atoms with Gasteiger partial charge in [-0.3, -0.25) is 14.5 Å². The maximum absolute atomic E-state index is 12.1. The number of rotatable bonds is 8. The summed E-state index contributed by atoms with van der Waals surface area (Å²) in [6.45, 7) is 5.42. The van der Waals surface area contributed by atoms with Crippen molar-refractivity contribution in [1.82, 2.24) is 15.5 Å². The zero-order valence-electron chi connectivity index (χ0n) is 14.1. The van der Waals surface area contributed by atoms with Crippen LogP contribution in [-0.2, 0) is 9.59 Å². The van der Waals surface area contributed by atoms with Crippen LogP contribution in [0.15, 0.2) is 0 Å². The van der Waals surface area contributed by atoms with E-state index in [-0.39, 0.29) is 11.8 Å². The largest absolute Gasteiger partial charge is 0.358 e. The first-order chi connectivity index (χ1) is 10.6. The number of unbranched alkanes of at least 4 members (excludes halogenated alkanes) is 1. The molecule has 0 radical (unpaired) electrons. The molecule has 2 N–H and O–H groups in total. The Morgan fingerprint density at radius 1 is 1.23 bits per heavy atom. The smallest absolute Gasteiger partial charge is 0.233 e. The molecule has 1 aliphatic carbocycles. The van der Waals surface area contributed by atoms with Crippen LogP contribution < -0.4 is 10.6 Å².